The van der Waals surface area contributed by atoms with Crippen LogP contribution < -0.4 is 5.32 Å². The van der Waals surface area contributed by atoms with Crippen LogP contribution in [0.3, 0.4) is 0 Å². The number of rotatable bonds is 16. The van der Waals surface area contributed by atoms with Gasteiger partial charge in [-0.1, -0.05) is 84.5 Å². The van der Waals surface area contributed by atoms with Gasteiger partial charge < -0.3 is 10.4 Å². The molecule has 0 atom stereocenters. The van der Waals surface area contributed by atoms with Gasteiger partial charge in [-0.05, 0) is 43.0 Å². The molecule has 0 heterocycles. The molecule has 0 aliphatic rings. The molecule has 1 rings (SSSR count). The summed E-state index contributed by atoms with van der Waals surface area (Å²) in [5.41, 5.74) is 1.72. The molecule has 0 saturated carbocycles. The molecule has 0 radical (unpaired) electrons. The van der Waals surface area contributed by atoms with Gasteiger partial charge >= 0.3 is 0 Å². The Morgan fingerprint density at radius 3 is 1.96 bits per heavy atom. The highest BCUT2D eigenvalue weighted by Crippen LogP contribution is 2.23. The fourth-order valence-electron chi connectivity index (χ4n) is 3.40. The Morgan fingerprint density at radius 1 is 0.815 bits per heavy atom. The van der Waals surface area contributed by atoms with Crippen LogP contribution in [0, 0.1) is 0 Å². The molecular weight excluding hydrogens is 334 g/mol. The van der Waals surface area contributed by atoms with Crippen molar-refractivity contribution in [2.24, 2.45) is 0 Å². The van der Waals surface area contributed by atoms with Crippen molar-refractivity contribution in [2.75, 3.05) is 5.32 Å². The molecule has 0 bridgehead atoms. The summed E-state index contributed by atoms with van der Waals surface area (Å²) >= 11 is 0. The van der Waals surface area contributed by atoms with E-state index in [1.165, 1.54) is 57.8 Å². The fourth-order valence-corrected chi connectivity index (χ4v) is 3.40. The average Bonchev–Trinajstić information content (AvgIpc) is 2.66. The molecule has 3 nitrogen and oxygen atoms in total. The Labute approximate surface area is 167 Å². The van der Waals surface area contributed by atoms with Gasteiger partial charge in [-0.3, -0.25) is 4.79 Å². The van der Waals surface area contributed by atoms with Crippen LogP contribution in [0.15, 0.2) is 18.2 Å². The van der Waals surface area contributed by atoms with E-state index in [4.69, 9.17) is 0 Å². The maximum atomic E-state index is 12.1. The molecule has 0 fully saturated rings. The van der Waals surface area contributed by atoms with Crippen molar-refractivity contribution in [3.63, 3.8) is 0 Å². The van der Waals surface area contributed by atoms with E-state index in [0.29, 0.717) is 12.2 Å². The van der Waals surface area contributed by atoms with Crippen LogP contribution in [0.25, 0.3) is 0 Å². The highest BCUT2D eigenvalue weighted by molar-refractivity contribution is 5.90. The molecule has 0 unspecified atom stereocenters. The monoisotopic (exact) mass is 375 g/mol. The van der Waals surface area contributed by atoms with Gasteiger partial charge in [-0.15, -0.1) is 0 Å². The smallest absolute Gasteiger partial charge is 0.224 e. The van der Waals surface area contributed by atoms with Gasteiger partial charge in [-0.25, -0.2) is 0 Å². The third-order valence-corrected chi connectivity index (χ3v) is 5.17. The normalized spacial score (nSPS) is 10.9. The van der Waals surface area contributed by atoms with Crippen molar-refractivity contribution in [3.05, 3.63) is 23.8 Å². The number of carbonyl (C=O) groups is 1. The quantitative estimate of drug-likeness (QED) is 0.234. The fraction of sp³-hybridized carbons (Fsp3) is 0.708. The van der Waals surface area contributed by atoms with Gasteiger partial charge in [0.1, 0.15) is 5.75 Å². The number of nitrogens with one attached hydrogen (secondary N) is 1. The molecule has 0 aliphatic heterocycles. The Bertz CT molecular complexity index is 513. The molecule has 0 spiro atoms. The Balaban J connectivity index is 2.09. The first kappa shape index (κ1) is 23.5. The van der Waals surface area contributed by atoms with Crippen LogP contribution in [0.5, 0.6) is 5.75 Å². The van der Waals surface area contributed by atoms with Gasteiger partial charge in [0.15, 0.2) is 0 Å². The number of aromatic hydroxyl groups is 1. The molecule has 1 aromatic rings. The van der Waals surface area contributed by atoms with Crippen molar-refractivity contribution in [1.29, 1.82) is 0 Å². The summed E-state index contributed by atoms with van der Waals surface area (Å²) in [6.45, 7) is 4.39. The number of phenols is 1. The third-order valence-electron chi connectivity index (χ3n) is 5.17. The number of phenolic OH excluding ortho intramolecular Hbond substituents is 1. The lowest BCUT2D eigenvalue weighted by molar-refractivity contribution is -0.116. The summed E-state index contributed by atoms with van der Waals surface area (Å²) in [6.07, 6.45) is 17.8. The summed E-state index contributed by atoms with van der Waals surface area (Å²) in [5, 5.41) is 12.9. The van der Waals surface area contributed by atoms with Crippen LogP contribution in [-0.4, -0.2) is 11.0 Å². The second-order valence-electron chi connectivity index (χ2n) is 7.78. The minimum absolute atomic E-state index is 0.0815. The number of amides is 1. The molecular formula is C24H41NO2. The predicted molar refractivity (Wildman–Crippen MR) is 116 cm³/mol. The number of anilines is 1. The summed E-state index contributed by atoms with van der Waals surface area (Å²) in [6, 6.07) is 5.37. The maximum absolute atomic E-state index is 12.1. The highest BCUT2D eigenvalue weighted by atomic mass is 16.3. The minimum Gasteiger partial charge on any atom is -0.508 e. The number of benzene rings is 1. The van der Waals surface area contributed by atoms with E-state index < -0.39 is 0 Å². The molecule has 0 saturated heterocycles. The lowest BCUT2D eigenvalue weighted by Gasteiger charge is -2.09. The van der Waals surface area contributed by atoms with E-state index in [2.05, 4.69) is 19.2 Å². The number of hydrogen-bond donors (Lipinski definition) is 2. The van der Waals surface area contributed by atoms with Crippen LogP contribution in [0.1, 0.15) is 109 Å². The van der Waals surface area contributed by atoms with E-state index in [1.807, 2.05) is 6.07 Å². The zero-order valence-electron chi connectivity index (χ0n) is 17.7. The molecule has 0 aliphatic carbocycles. The standard InChI is InChI=1S/C24H41NO2/c1-3-5-7-8-9-10-11-12-13-14-15-17-24(27)25-22-18-19-23(26)21(20-22)16-6-4-2/h18-20,26H,3-17H2,1-2H3,(H,25,27). The Hall–Kier alpha value is -1.51. The van der Waals surface area contributed by atoms with Crippen molar-refractivity contribution < 1.29 is 9.90 Å². The predicted octanol–water partition coefficient (Wildman–Crippen LogP) is 7.37. The summed E-state index contributed by atoms with van der Waals surface area (Å²) in [7, 11) is 0. The van der Waals surface area contributed by atoms with Crippen molar-refractivity contribution in [3.8, 4) is 5.75 Å². The van der Waals surface area contributed by atoms with Crippen LogP contribution in [0.4, 0.5) is 5.69 Å². The lowest BCUT2D eigenvalue weighted by Crippen LogP contribution is -2.11. The van der Waals surface area contributed by atoms with E-state index in [0.717, 1.165) is 43.4 Å². The topological polar surface area (TPSA) is 49.3 Å². The van der Waals surface area contributed by atoms with Crippen molar-refractivity contribution in [2.45, 2.75) is 110 Å². The molecule has 1 amide bonds. The molecule has 2 N–H and O–H groups in total. The summed E-state index contributed by atoms with van der Waals surface area (Å²) in [5.74, 6) is 0.407. The third kappa shape index (κ3) is 11.7. The highest BCUT2D eigenvalue weighted by Gasteiger charge is 2.06. The molecule has 3 heteroatoms. The van der Waals surface area contributed by atoms with Gasteiger partial charge in [0.25, 0.3) is 0 Å². The van der Waals surface area contributed by atoms with E-state index >= 15 is 0 Å². The Kier molecular flexibility index (Phi) is 13.5. The van der Waals surface area contributed by atoms with Crippen LogP contribution in [-0.2, 0) is 11.2 Å². The van der Waals surface area contributed by atoms with E-state index in [-0.39, 0.29) is 5.91 Å². The molecule has 0 aromatic heterocycles. The van der Waals surface area contributed by atoms with Gasteiger partial charge in [-0.2, -0.15) is 0 Å². The second-order valence-corrected chi connectivity index (χ2v) is 7.78. The SMILES string of the molecule is CCCCCCCCCCCCCC(=O)Nc1ccc(O)c(CCCC)c1. The van der Waals surface area contributed by atoms with E-state index in [9.17, 15) is 9.90 Å². The molecule has 27 heavy (non-hydrogen) atoms. The first-order valence-electron chi connectivity index (χ1n) is 11.3. The maximum Gasteiger partial charge on any atom is 0.224 e. The first-order valence-corrected chi connectivity index (χ1v) is 11.3. The molecule has 154 valence electrons. The minimum atomic E-state index is 0.0815. The van der Waals surface area contributed by atoms with Crippen LogP contribution >= 0.6 is 0 Å². The Morgan fingerprint density at radius 2 is 1.37 bits per heavy atom. The number of carbonyl (C=O) groups excluding carboxylic acids is 1. The second kappa shape index (κ2) is 15.5. The summed E-state index contributed by atoms with van der Waals surface area (Å²) in [4.78, 5) is 12.1. The largest absolute Gasteiger partial charge is 0.508 e. The van der Waals surface area contributed by atoms with Gasteiger partial charge in [0.2, 0.25) is 5.91 Å². The first-order chi connectivity index (χ1) is 13.2. The lowest BCUT2D eigenvalue weighted by atomic mass is 10.0. The molecule has 1 aromatic carbocycles. The number of aryl methyl sites for hydroxylation is 1. The number of unbranched alkanes of at least 4 members (excludes halogenated alkanes) is 11. The zero-order chi connectivity index (χ0) is 19.7. The van der Waals surface area contributed by atoms with Gasteiger partial charge in [0.05, 0.1) is 0 Å². The van der Waals surface area contributed by atoms with Crippen LogP contribution in [0.2, 0.25) is 0 Å². The average molecular weight is 376 g/mol. The van der Waals surface area contributed by atoms with E-state index in [1.54, 1.807) is 12.1 Å². The number of hydrogen-bond acceptors (Lipinski definition) is 2. The van der Waals surface area contributed by atoms with Gasteiger partial charge in [0, 0.05) is 12.1 Å². The summed E-state index contributed by atoms with van der Waals surface area (Å²) < 4.78 is 0. The zero-order valence-corrected chi connectivity index (χ0v) is 17.7. The van der Waals surface area contributed by atoms with Crippen molar-refractivity contribution >= 4 is 11.6 Å². The van der Waals surface area contributed by atoms with Crippen molar-refractivity contribution in [1.82, 2.24) is 0 Å².